The summed E-state index contributed by atoms with van der Waals surface area (Å²) >= 11 is 0. The summed E-state index contributed by atoms with van der Waals surface area (Å²) in [6.45, 7) is 8.89. The molecule has 2 aromatic rings. The molecule has 7 nitrogen and oxygen atoms in total. The highest BCUT2D eigenvalue weighted by Crippen LogP contribution is 2.25. The summed E-state index contributed by atoms with van der Waals surface area (Å²) in [7, 11) is 0. The van der Waals surface area contributed by atoms with Crippen molar-refractivity contribution in [2.45, 2.75) is 26.7 Å². The zero-order valence-corrected chi connectivity index (χ0v) is 17.2. The van der Waals surface area contributed by atoms with Gasteiger partial charge in [0.25, 0.3) is 0 Å². The number of hydrogen-bond acceptors (Lipinski definition) is 6. The minimum Gasteiger partial charge on any atom is -0.378 e. The van der Waals surface area contributed by atoms with E-state index >= 15 is 0 Å². The number of piperidine rings is 1. The van der Waals surface area contributed by atoms with Gasteiger partial charge in [0.05, 0.1) is 31.3 Å². The van der Waals surface area contributed by atoms with Gasteiger partial charge in [0, 0.05) is 37.8 Å². The molecular formula is C22H29N5O2. The zero-order valence-electron chi connectivity index (χ0n) is 17.2. The Morgan fingerprint density at radius 1 is 1.03 bits per heavy atom. The topological polar surface area (TPSA) is 70.6 Å². The Kier molecular flexibility index (Phi) is 5.94. The number of morpholine rings is 1. The van der Waals surface area contributed by atoms with Crippen molar-refractivity contribution in [1.29, 1.82) is 0 Å². The second-order valence-electron chi connectivity index (χ2n) is 7.91. The van der Waals surface area contributed by atoms with Crippen molar-refractivity contribution in [3.63, 3.8) is 0 Å². The number of nitrogens with zero attached hydrogens (tertiary/aromatic N) is 4. The molecule has 4 rings (SSSR count). The van der Waals surface area contributed by atoms with E-state index in [1.807, 2.05) is 31.5 Å². The van der Waals surface area contributed by atoms with Crippen molar-refractivity contribution in [3.05, 3.63) is 41.7 Å². The van der Waals surface area contributed by atoms with E-state index in [0.29, 0.717) is 0 Å². The number of nitrogens with one attached hydrogen (secondary N) is 1. The van der Waals surface area contributed by atoms with Crippen LogP contribution in [0.15, 0.2) is 30.6 Å². The van der Waals surface area contributed by atoms with E-state index in [1.165, 1.54) is 5.56 Å². The van der Waals surface area contributed by atoms with Crippen molar-refractivity contribution in [3.8, 4) is 0 Å². The van der Waals surface area contributed by atoms with Crippen LogP contribution in [0.5, 0.6) is 0 Å². The summed E-state index contributed by atoms with van der Waals surface area (Å²) in [6.07, 6.45) is 5.46. The molecule has 1 amide bonds. The molecule has 1 N–H and O–H groups in total. The van der Waals surface area contributed by atoms with Gasteiger partial charge in [-0.3, -0.25) is 4.79 Å². The molecule has 2 aliphatic heterocycles. The zero-order chi connectivity index (χ0) is 20.2. The average Bonchev–Trinajstić information content (AvgIpc) is 2.76. The molecule has 154 valence electrons. The lowest BCUT2D eigenvalue weighted by Crippen LogP contribution is -2.39. The highest BCUT2D eigenvalue weighted by Gasteiger charge is 2.26. The first-order valence-electron chi connectivity index (χ1n) is 10.4. The number of aromatic nitrogens is 2. The molecule has 29 heavy (non-hydrogen) atoms. The van der Waals surface area contributed by atoms with Crippen molar-refractivity contribution in [1.82, 2.24) is 9.97 Å². The van der Waals surface area contributed by atoms with E-state index in [1.54, 1.807) is 0 Å². The quantitative estimate of drug-likeness (QED) is 0.858. The number of anilines is 3. The van der Waals surface area contributed by atoms with Crippen LogP contribution in [0.4, 0.5) is 17.3 Å². The van der Waals surface area contributed by atoms with Gasteiger partial charge in [-0.1, -0.05) is 17.7 Å². The number of ether oxygens (including phenoxy) is 1. The van der Waals surface area contributed by atoms with Crippen LogP contribution < -0.4 is 15.1 Å². The molecule has 0 spiro atoms. The Labute approximate surface area is 172 Å². The highest BCUT2D eigenvalue weighted by atomic mass is 16.5. The van der Waals surface area contributed by atoms with Crippen LogP contribution in [-0.2, 0) is 9.53 Å². The molecule has 3 heterocycles. The Bertz CT molecular complexity index is 841. The molecule has 7 heteroatoms. The van der Waals surface area contributed by atoms with Gasteiger partial charge in [-0.2, -0.15) is 0 Å². The van der Waals surface area contributed by atoms with Crippen LogP contribution in [0.3, 0.4) is 0 Å². The first-order valence-corrected chi connectivity index (χ1v) is 10.4. The van der Waals surface area contributed by atoms with Gasteiger partial charge in [-0.25, -0.2) is 9.97 Å². The smallest absolute Gasteiger partial charge is 0.227 e. The van der Waals surface area contributed by atoms with Crippen LogP contribution >= 0.6 is 0 Å². The van der Waals surface area contributed by atoms with Crippen LogP contribution in [-0.4, -0.2) is 55.3 Å². The number of carbonyl (C=O) groups excluding carboxylic acids is 1. The number of hydrogen-bond donors (Lipinski definition) is 1. The van der Waals surface area contributed by atoms with Gasteiger partial charge in [0.2, 0.25) is 11.9 Å². The van der Waals surface area contributed by atoms with Gasteiger partial charge >= 0.3 is 0 Å². The Hall–Kier alpha value is -2.67. The summed E-state index contributed by atoms with van der Waals surface area (Å²) in [5.74, 6) is 0.927. The normalized spacial score (nSPS) is 18.0. The third-order valence-electron chi connectivity index (χ3n) is 5.79. The van der Waals surface area contributed by atoms with E-state index in [4.69, 9.17) is 4.74 Å². The molecule has 0 saturated carbocycles. The molecule has 1 aromatic heterocycles. The van der Waals surface area contributed by atoms with E-state index in [-0.39, 0.29) is 11.8 Å². The molecule has 0 atom stereocenters. The van der Waals surface area contributed by atoms with Gasteiger partial charge in [-0.05, 0) is 38.3 Å². The van der Waals surface area contributed by atoms with E-state index in [0.717, 1.165) is 75.1 Å². The Balaban J connectivity index is 1.31. The van der Waals surface area contributed by atoms with Crippen molar-refractivity contribution >= 4 is 23.2 Å². The number of rotatable bonds is 4. The molecule has 0 bridgehead atoms. The summed E-state index contributed by atoms with van der Waals surface area (Å²) in [4.78, 5) is 26.2. The molecular weight excluding hydrogens is 366 g/mol. The molecule has 0 aliphatic carbocycles. The van der Waals surface area contributed by atoms with Gasteiger partial charge in [0.1, 0.15) is 0 Å². The van der Waals surface area contributed by atoms with Gasteiger partial charge in [-0.15, -0.1) is 0 Å². The van der Waals surface area contributed by atoms with Gasteiger partial charge in [0.15, 0.2) is 0 Å². The number of benzene rings is 1. The molecule has 2 saturated heterocycles. The third kappa shape index (κ3) is 4.67. The van der Waals surface area contributed by atoms with E-state index < -0.39 is 0 Å². The van der Waals surface area contributed by atoms with Crippen molar-refractivity contribution in [2.24, 2.45) is 5.92 Å². The highest BCUT2D eigenvalue weighted by molar-refractivity contribution is 5.93. The number of aryl methyl sites for hydroxylation is 2. The summed E-state index contributed by atoms with van der Waals surface area (Å²) in [6, 6.07) is 6.12. The van der Waals surface area contributed by atoms with Crippen LogP contribution in [0.25, 0.3) is 0 Å². The molecule has 0 unspecified atom stereocenters. The van der Waals surface area contributed by atoms with Crippen LogP contribution in [0.1, 0.15) is 24.0 Å². The second-order valence-corrected chi connectivity index (χ2v) is 7.91. The largest absolute Gasteiger partial charge is 0.378 e. The predicted molar refractivity (Wildman–Crippen MR) is 115 cm³/mol. The Morgan fingerprint density at radius 2 is 1.72 bits per heavy atom. The van der Waals surface area contributed by atoms with Crippen molar-refractivity contribution in [2.75, 3.05) is 54.5 Å². The second kappa shape index (κ2) is 8.78. The Morgan fingerprint density at radius 3 is 2.38 bits per heavy atom. The van der Waals surface area contributed by atoms with Gasteiger partial charge < -0.3 is 19.9 Å². The first kappa shape index (κ1) is 19.6. The average molecular weight is 396 g/mol. The van der Waals surface area contributed by atoms with E-state index in [9.17, 15) is 4.79 Å². The van der Waals surface area contributed by atoms with E-state index in [2.05, 4.69) is 38.1 Å². The van der Waals surface area contributed by atoms with Crippen LogP contribution in [0, 0.1) is 19.8 Å². The van der Waals surface area contributed by atoms with Crippen molar-refractivity contribution < 1.29 is 9.53 Å². The first-order chi connectivity index (χ1) is 14.1. The summed E-state index contributed by atoms with van der Waals surface area (Å²) < 4.78 is 5.38. The number of carbonyl (C=O) groups is 1. The fraction of sp³-hybridized carbons (Fsp3) is 0.500. The molecule has 1 aromatic carbocycles. The standard InChI is InChI=1S/C22H29N5O2/c1-16-3-4-20(17(2)13-16)25-21(28)18-5-7-26(8-6-18)19-14-23-22(24-15-19)27-9-11-29-12-10-27/h3-4,13-15,18H,5-12H2,1-2H3,(H,25,28). The minimum atomic E-state index is 0.0421. The molecule has 2 fully saturated rings. The number of amides is 1. The monoisotopic (exact) mass is 395 g/mol. The maximum atomic E-state index is 12.7. The molecule has 0 radical (unpaired) electrons. The SMILES string of the molecule is Cc1ccc(NC(=O)C2CCN(c3cnc(N4CCOCC4)nc3)CC2)c(C)c1. The predicted octanol–water partition coefficient (Wildman–Crippen LogP) is 2.79. The molecule has 2 aliphatic rings. The lowest BCUT2D eigenvalue weighted by molar-refractivity contribution is -0.120. The fourth-order valence-corrected chi connectivity index (χ4v) is 3.99. The maximum absolute atomic E-state index is 12.7. The maximum Gasteiger partial charge on any atom is 0.227 e. The summed E-state index contributed by atoms with van der Waals surface area (Å²) in [5, 5.41) is 3.11. The lowest BCUT2D eigenvalue weighted by atomic mass is 9.95. The third-order valence-corrected chi connectivity index (χ3v) is 5.79. The van der Waals surface area contributed by atoms with Crippen LogP contribution in [0.2, 0.25) is 0 Å². The fourth-order valence-electron chi connectivity index (χ4n) is 3.99. The summed E-state index contributed by atoms with van der Waals surface area (Å²) in [5.41, 5.74) is 4.24. The lowest BCUT2D eigenvalue weighted by Gasteiger charge is -2.33. The minimum absolute atomic E-state index is 0.0421.